The van der Waals surface area contributed by atoms with E-state index in [0.29, 0.717) is 5.75 Å². The fourth-order valence-electron chi connectivity index (χ4n) is 1.34. The second-order valence-corrected chi connectivity index (χ2v) is 3.50. The summed E-state index contributed by atoms with van der Waals surface area (Å²) in [5.41, 5.74) is 0.949. The van der Waals surface area contributed by atoms with Crippen molar-refractivity contribution in [3.05, 3.63) is 72.5 Å². The number of hydrogen-bond donors (Lipinski definition) is 0. The third-order valence-corrected chi connectivity index (χ3v) is 2.17. The third kappa shape index (κ3) is 3.79. The van der Waals surface area contributed by atoms with Crippen molar-refractivity contribution in [1.82, 2.24) is 0 Å². The molecule has 0 fully saturated rings. The summed E-state index contributed by atoms with van der Waals surface area (Å²) in [7, 11) is 0. The van der Waals surface area contributed by atoms with Gasteiger partial charge in [0.1, 0.15) is 5.75 Å². The van der Waals surface area contributed by atoms with Crippen molar-refractivity contribution in [2.45, 2.75) is 0 Å². The molecule has 0 saturated heterocycles. The molecular weight excluding hydrogens is 228 g/mol. The highest BCUT2D eigenvalue weighted by Gasteiger charge is 2.02. The number of carbonyl (C=O) groups is 1. The fourth-order valence-corrected chi connectivity index (χ4v) is 1.34. The predicted octanol–water partition coefficient (Wildman–Crippen LogP) is 3.87. The highest BCUT2D eigenvalue weighted by Crippen LogP contribution is 2.09. The molecule has 2 rings (SSSR count). The Balaban J connectivity index is 1.84. The zero-order valence-corrected chi connectivity index (χ0v) is 9.65. The smallest absolute Gasteiger partial charge is 0.403 e. The molecule has 18 heavy (non-hydrogen) atoms. The van der Waals surface area contributed by atoms with E-state index in [4.69, 9.17) is 9.47 Å². The second-order valence-electron chi connectivity index (χ2n) is 3.50. The van der Waals surface area contributed by atoms with E-state index in [-0.39, 0.29) is 0 Å². The van der Waals surface area contributed by atoms with Crippen molar-refractivity contribution < 1.29 is 14.3 Å². The van der Waals surface area contributed by atoms with Crippen LogP contribution in [-0.4, -0.2) is 6.16 Å². The molecular formula is C15H12O3. The Kier molecular flexibility index (Phi) is 4.14. The van der Waals surface area contributed by atoms with Gasteiger partial charge >= 0.3 is 6.16 Å². The van der Waals surface area contributed by atoms with Crippen LogP contribution in [0.15, 0.2) is 66.9 Å². The molecule has 0 N–H and O–H groups in total. The predicted molar refractivity (Wildman–Crippen MR) is 69.0 cm³/mol. The topological polar surface area (TPSA) is 35.5 Å². The van der Waals surface area contributed by atoms with E-state index < -0.39 is 6.16 Å². The van der Waals surface area contributed by atoms with Gasteiger partial charge in [-0.2, -0.15) is 0 Å². The summed E-state index contributed by atoms with van der Waals surface area (Å²) in [5, 5.41) is 0. The first-order chi connectivity index (χ1) is 8.84. The average molecular weight is 240 g/mol. The van der Waals surface area contributed by atoms with E-state index in [1.807, 2.05) is 36.4 Å². The first kappa shape index (κ1) is 11.9. The van der Waals surface area contributed by atoms with Gasteiger partial charge in [0.05, 0.1) is 6.26 Å². The molecule has 0 atom stereocenters. The normalized spacial score (nSPS) is 10.2. The molecule has 3 heteroatoms. The van der Waals surface area contributed by atoms with Crippen molar-refractivity contribution in [2.24, 2.45) is 0 Å². The van der Waals surface area contributed by atoms with Gasteiger partial charge in [0.2, 0.25) is 0 Å². The lowest BCUT2D eigenvalue weighted by atomic mass is 10.2. The summed E-state index contributed by atoms with van der Waals surface area (Å²) in [6.07, 6.45) is 2.24. The van der Waals surface area contributed by atoms with Crippen LogP contribution in [-0.2, 0) is 4.74 Å². The SMILES string of the molecule is O=C(OC=Cc1ccccc1)Oc1ccccc1. The zero-order chi connectivity index (χ0) is 12.6. The molecule has 0 aliphatic carbocycles. The van der Waals surface area contributed by atoms with Crippen molar-refractivity contribution >= 4 is 12.2 Å². The van der Waals surface area contributed by atoms with Crippen LogP contribution in [0.2, 0.25) is 0 Å². The van der Waals surface area contributed by atoms with Crippen molar-refractivity contribution in [1.29, 1.82) is 0 Å². The maximum absolute atomic E-state index is 11.3. The highest BCUT2D eigenvalue weighted by atomic mass is 16.7. The van der Waals surface area contributed by atoms with Crippen molar-refractivity contribution in [2.75, 3.05) is 0 Å². The van der Waals surface area contributed by atoms with E-state index in [1.54, 1.807) is 30.3 Å². The zero-order valence-electron chi connectivity index (χ0n) is 9.65. The molecule has 0 radical (unpaired) electrons. The molecule has 0 aliphatic rings. The second kappa shape index (κ2) is 6.25. The number of benzene rings is 2. The van der Waals surface area contributed by atoms with Gasteiger partial charge in [-0.25, -0.2) is 4.79 Å². The van der Waals surface area contributed by atoms with Gasteiger partial charge in [-0.1, -0.05) is 48.5 Å². The molecule has 0 amide bonds. The summed E-state index contributed by atoms with van der Waals surface area (Å²) in [6, 6.07) is 18.3. The maximum atomic E-state index is 11.3. The Labute approximate surface area is 105 Å². The Morgan fingerprint density at radius 2 is 1.50 bits per heavy atom. The lowest BCUT2D eigenvalue weighted by molar-refractivity contribution is 0.136. The quantitative estimate of drug-likeness (QED) is 0.464. The van der Waals surface area contributed by atoms with E-state index >= 15 is 0 Å². The summed E-state index contributed by atoms with van der Waals surface area (Å²) >= 11 is 0. The van der Waals surface area contributed by atoms with Crippen LogP contribution >= 0.6 is 0 Å². The lowest BCUT2D eigenvalue weighted by Crippen LogP contribution is -2.06. The number of carbonyl (C=O) groups excluding carboxylic acids is 1. The maximum Gasteiger partial charge on any atom is 0.518 e. The van der Waals surface area contributed by atoms with Gasteiger partial charge in [0, 0.05) is 0 Å². The minimum atomic E-state index is -0.756. The molecule has 0 aliphatic heterocycles. The summed E-state index contributed by atoms with van der Waals surface area (Å²) < 4.78 is 9.75. The number of hydrogen-bond acceptors (Lipinski definition) is 3. The lowest BCUT2D eigenvalue weighted by Gasteiger charge is -2.01. The molecule has 2 aromatic carbocycles. The minimum Gasteiger partial charge on any atom is -0.403 e. The van der Waals surface area contributed by atoms with Gasteiger partial charge in [0.25, 0.3) is 0 Å². The summed E-state index contributed by atoms with van der Waals surface area (Å²) in [5.74, 6) is 0.454. The van der Waals surface area contributed by atoms with Crippen LogP contribution in [0.3, 0.4) is 0 Å². The molecule has 90 valence electrons. The average Bonchev–Trinajstić information content (AvgIpc) is 2.41. The van der Waals surface area contributed by atoms with Crippen molar-refractivity contribution in [3.63, 3.8) is 0 Å². The summed E-state index contributed by atoms with van der Waals surface area (Å²) in [4.78, 5) is 11.3. The first-order valence-corrected chi connectivity index (χ1v) is 5.50. The molecule has 0 aromatic heterocycles. The monoisotopic (exact) mass is 240 g/mol. The molecule has 0 spiro atoms. The van der Waals surface area contributed by atoms with Gasteiger partial charge < -0.3 is 9.47 Å². The number of para-hydroxylation sites is 1. The van der Waals surface area contributed by atoms with Crippen LogP contribution in [0.5, 0.6) is 5.75 Å². The van der Waals surface area contributed by atoms with Crippen LogP contribution < -0.4 is 4.74 Å². The van der Waals surface area contributed by atoms with E-state index in [2.05, 4.69) is 0 Å². The molecule has 0 heterocycles. The Morgan fingerprint density at radius 3 is 2.17 bits per heavy atom. The van der Waals surface area contributed by atoms with Crippen LogP contribution in [0, 0.1) is 0 Å². The first-order valence-electron chi connectivity index (χ1n) is 5.50. The van der Waals surface area contributed by atoms with E-state index in [0.717, 1.165) is 5.56 Å². The summed E-state index contributed by atoms with van der Waals surface area (Å²) in [6.45, 7) is 0. The van der Waals surface area contributed by atoms with Crippen LogP contribution in [0.1, 0.15) is 5.56 Å². The largest absolute Gasteiger partial charge is 0.518 e. The van der Waals surface area contributed by atoms with Gasteiger partial charge in [-0.3, -0.25) is 0 Å². The fraction of sp³-hybridized carbons (Fsp3) is 0. The number of ether oxygens (including phenoxy) is 2. The van der Waals surface area contributed by atoms with Crippen molar-refractivity contribution in [3.8, 4) is 5.75 Å². The molecule has 0 unspecified atom stereocenters. The van der Waals surface area contributed by atoms with Crippen LogP contribution in [0.4, 0.5) is 4.79 Å². The molecule has 0 saturated carbocycles. The van der Waals surface area contributed by atoms with E-state index in [1.165, 1.54) is 6.26 Å². The number of rotatable bonds is 3. The van der Waals surface area contributed by atoms with E-state index in [9.17, 15) is 4.79 Å². The highest BCUT2D eigenvalue weighted by molar-refractivity contribution is 5.65. The van der Waals surface area contributed by atoms with Gasteiger partial charge in [-0.05, 0) is 23.8 Å². The third-order valence-electron chi connectivity index (χ3n) is 2.17. The van der Waals surface area contributed by atoms with Gasteiger partial charge in [0.15, 0.2) is 0 Å². The van der Waals surface area contributed by atoms with Gasteiger partial charge in [-0.15, -0.1) is 0 Å². The molecule has 3 nitrogen and oxygen atoms in total. The Hall–Kier alpha value is -2.55. The Morgan fingerprint density at radius 1 is 0.889 bits per heavy atom. The molecule has 0 bridgehead atoms. The Bertz CT molecular complexity index is 518. The minimum absolute atomic E-state index is 0.454. The molecule has 2 aromatic rings. The van der Waals surface area contributed by atoms with Crippen LogP contribution in [0.25, 0.3) is 6.08 Å². The standard InChI is InChI=1S/C15H12O3/c16-15(18-14-9-5-2-6-10-14)17-12-11-13-7-3-1-4-8-13/h1-12H.